The van der Waals surface area contributed by atoms with Crippen molar-refractivity contribution >= 4 is 0 Å². The number of aryl methyl sites for hydroxylation is 1. The minimum absolute atomic E-state index is 0.205. The Kier molecular flexibility index (Phi) is 3.89. The van der Waals surface area contributed by atoms with Crippen LogP contribution < -0.4 is 9.47 Å². The smallest absolute Gasteiger partial charge is 0.319 e. The van der Waals surface area contributed by atoms with Crippen LogP contribution >= 0.6 is 0 Å². The first-order valence-electron chi connectivity index (χ1n) is 7.08. The first kappa shape index (κ1) is 14.6. The van der Waals surface area contributed by atoms with Crippen molar-refractivity contribution in [3.05, 3.63) is 23.5 Å². The van der Waals surface area contributed by atoms with E-state index in [1.165, 1.54) is 14.2 Å². The van der Waals surface area contributed by atoms with E-state index in [1.54, 1.807) is 6.20 Å². The molecule has 1 aliphatic carbocycles. The first-order chi connectivity index (χ1) is 10.7. The van der Waals surface area contributed by atoms with E-state index in [9.17, 15) is 5.11 Å². The van der Waals surface area contributed by atoms with Gasteiger partial charge in [0, 0.05) is 12.8 Å². The van der Waals surface area contributed by atoms with E-state index in [0.29, 0.717) is 29.0 Å². The van der Waals surface area contributed by atoms with E-state index in [1.807, 2.05) is 13.0 Å². The Bertz CT molecular complexity index is 692. The van der Waals surface area contributed by atoms with Gasteiger partial charge < -0.3 is 14.6 Å². The highest BCUT2D eigenvalue weighted by Crippen LogP contribution is 2.48. The van der Waals surface area contributed by atoms with Crippen LogP contribution in [0.4, 0.5) is 0 Å². The lowest BCUT2D eigenvalue weighted by Crippen LogP contribution is -2.02. The van der Waals surface area contributed by atoms with Gasteiger partial charge in [0.1, 0.15) is 5.69 Å². The highest BCUT2D eigenvalue weighted by molar-refractivity contribution is 5.64. The molecule has 7 nitrogen and oxygen atoms in total. The summed E-state index contributed by atoms with van der Waals surface area (Å²) in [4.78, 5) is 8.27. The number of ether oxygens (including phenoxy) is 2. The quantitative estimate of drug-likeness (QED) is 0.891. The van der Waals surface area contributed by atoms with E-state index in [-0.39, 0.29) is 12.6 Å². The Balaban J connectivity index is 2.00. The molecule has 1 aliphatic rings. The summed E-state index contributed by atoms with van der Waals surface area (Å²) in [7, 11) is 3.04. The molecule has 0 aromatic carbocycles. The molecule has 0 spiro atoms. The lowest BCUT2D eigenvalue weighted by molar-refractivity contribution is 0.274. The second-order valence-electron chi connectivity index (χ2n) is 5.33. The fraction of sp³-hybridized carbons (Fsp3) is 0.467. The second kappa shape index (κ2) is 5.84. The van der Waals surface area contributed by atoms with Crippen LogP contribution in [0.1, 0.15) is 23.6 Å². The van der Waals surface area contributed by atoms with Gasteiger partial charge in [-0.25, -0.2) is 4.98 Å². The number of aromatic nitrogens is 4. The van der Waals surface area contributed by atoms with E-state index < -0.39 is 0 Å². The van der Waals surface area contributed by atoms with Gasteiger partial charge in [0.15, 0.2) is 0 Å². The molecule has 1 saturated carbocycles. The van der Waals surface area contributed by atoms with Gasteiger partial charge in [0.2, 0.25) is 5.88 Å². The zero-order chi connectivity index (χ0) is 15.7. The average molecular weight is 302 g/mol. The maximum atomic E-state index is 9.26. The summed E-state index contributed by atoms with van der Waals surface area (Å²) in [6, 6.07) is 2.22. The van der Waals surface area contributed by atoms with Gasteiger partial charge in [0.05, 0.1) is 25.5 Å². The maximum Gasteiger partial charge on any atom is 0.319 e. The average Bonchev–Trinajstić information content (AvgIpc) is 3.34. The molecule has 1 fully saturated rings. The zero-order valence-electron chi connectivity index (χ0n) is 12.8. The van der Waals surface area contributed by atoms with Gasteiger partial charge in [-0.15, -0.1) is 5.10 Å². The number of nitrogens with zero attached hydrogens (tertiary/aromatic N) is 4. The molecule has 7 heteroatoms. The molecule has 1 N–H and O–H groups in total. The number of aliphatic hydroxyl groups excluding tert-OH is 1. The molecule has 116 valence electrons. The zero-order valence-corrected chi connectivity index (χ0v) is 12.8. The van der Waals surface area contributed by atoms with Gasteiger partial charge in [-0.3, -0.25) is 0 Å². The maximum absolute atomic E-state index is 9.26. The molecule has 2 heterocycles. The molecule has 3 rings (SSSR count). The Morgan fingerprint density at radius 3 is 2.73 bits per heavy atom. The SMILES string of the molecule is COc1ncc(-c2cc([C@H]3C[C@@H]3CO)c(C)nn2)c(OC)n1. The van der Waals surface area contributed by atoms with E-state index in [0.717, 1.165) is 17.7 Å². The molecule has 0 amide bonds. The summed E-state index contributed by atoms with van der Waals surface area (Å²) < 4.78 is 10.3. The van der Waals surface area contributed by atoms with Crippen LogP contribution in [0, 0.1) is 12.8 Å². The van der Waals surface area contributed by atoms with Crippen molar-refractivity contribution in [3.8, 4) is 23.1 Å². The van der Waals surface area contributed by atoms with Crippen LogP contribution in [-0.4, -0.2) is 46.1 Å². The van der Waals surface area contributed by atoms with Gasteiger partial charge >= 0.3 is 6.01 Å². The van der Waals surface area contributed by atoms with Gasteiger partial charge in [-0.2, -0.15) is 10.1 Å². The Morgan fingerprint density at radius 2 is 2.09 bits per heavy atom. The van der Waals surface area contributed by atoms with E-state index in [4.69, 9.17) is 9.47 Å². The van der Waals surface area contributed by atoms with Crippen molar-refractivity contribution in [3.63, 3.8) is 0 Å². The summed E-state index contributed by atoms with van der Waals surface area (Å²) >= 11 is 0. The largest absolute Gasteiger partial charge is 0.480 e. The van der Waals surface area contributed by atoms with Gasteiger partial charge in [-0.05, 0) is 36.8 Å². The third-order valence-electron chi connectivity index (χ3n) is 3.96. The van der Waals surface area contributed by atoms with Crippen LogP contribution in [0.5, 0.6) is 11.9 Å². The summed E-state index contributed by atoms with van der Waals surface area (Å²) in [5, 5.41) is 17.7. The number of hydrogen-bond acceptors (Lipinski definition) is 7. The lowest BCUT2D eigenvalue weighted by Gasteiger charge is -2.10. The predicted octanol–water partition coefficient (Wildman–Crippen LogP) is 1.36. The molecule has 2 aromatic heterocycles. The molecule has 2 atom stereocenters. The third-order valence-corrected chi connectivity index (χ3v) is 3.96. The van der Waals surface area contributed by atoms with Crippen molar-refractivity contribution in [1.29, 1.82) is 0 Å². The van der Waals surface area contributed by atoms with Crippen molar-refractivity contribution in [2.24, 2.45) is 5.92 Å². The molecule has 22 heavy (non-hydrogen) atoms. The molecule has 0 bridgehead atoms. The Hall–Kier alpha value is -2.28. The van der Waals surface area contributed by atoms with Crippen molar-refractivity contribution in [2.45, 2.75) is 19.3 Å². The van der Waals surface area contributed by atoms with Crippen molar-refractivity contribution in [1.82, 2.24) is 20.2 Å². The minimum Gasteiger partial charge on any atom is -0.480 e. The Labute approximate surface area is 128 Å². The van der Waals surface area contributed by atoms with E-state index in [2.05, 4.69) is 20.2 Å². The summed E-state index contributed by atoms with van der Waals surface area (Å²) in [5.41, 5.74) is 3.32. The Morgan fingerprint density at radius 1 is 1.27 bits per heavy atom. The van der Waals surface area contributed by atoms with Crippen LogP contribution in [0.2, 0.25) is 0 Å². The first-order valence-corrected chi connectivity index (χ1v) is 7.08. The highest BCUT2D eigenvalue weighted by atomic mass is 16.5. The lowest BCUT2D eigenvalue weighted by atomic mass is 10.1. The topological polar surface area (TPSA) is 90.2 Å². The molecule has 0 aliphatic heterocycles. The van der Waals surface area contributed by atoms with E-state index >= 15 is 0 Å². The van der Waals surface area contributed by atoms with Gasteiger partial charge in [-0.1, -0.05) is 0 Å². The van der Waals surface area contributed by atoms with Crippen LogP contribution in [0.15, 0.2) is 12.3 Å². The fourth-order valence-corrected chi connectivity index (χ4v) is 2.59. The number of hydrogen-bond donors (Lipinski definition) is 1. The standard InChI is InChI=1S/C15H18N4O3/c1-8-10(11-4-9(11)7-20)5-13(19-18-8)12-6-16-15(22-3)17-14(12)21-2/h5-6,9,11,20H,4,7H2,1-3H3/t9-,11+/m1/s1. The van der Waals surface area contributed by atoms with Crippen LogP contribution in [-0.2, 0) is 0 Å². The van der Waals surface area contributed by atoms with Crippen molar-refractivity contribution < 1.29 is 14.6 Å². The monoisotopic (exact) mass is 302 g/mol. The summed E-state index contributed by atoms with van der Waals surface area (Å²) in [5.74, 6) is 1.07. The summed E-state index contributed by atoms with van der Waals surface area (Å²) in [6.45, 7) is 2.14. The molecule has 0 radical (unpaired) electrons. The predicted molar refractivity (Wildman–Crippen MR) is 78.8 cm³/mol. The molecule has 2 aromatic rings. The fourth-order valence-electron chi connectivity index (χ4n) is 2.59. The summed E-state index contributed by atoms with van der Waals surface area (Å²) in [6.07, 6.45) is 2.60. The highest BCUT2D eigenvalue weighted by Gasteiger charge is 2.39. The normalized spacial score (nSPS) is 19.8. The number of rotatable bonds is 5. The number of methoxy groups -OCH3 is 2. The number of aliphatic hydroxyl groups is 1. The second-order valence-corrected chi connectivity index (χ2v) is 5.33. The molecular formula is C15H18N4O3. The molecular weight excluding hydrogens is 284 g/mol. The minimum atomic E-state index is 0.205. The van der Waals surface area contributed by atoms with Crippen LogP contribution in [0.25, 0.3) is 11.3 Å². The molecule has 0 saturated heterocycles. The van der Waals surface area contributed by atoms with Crippen LogP contribution in [0.3, 0.4) is 0 Å². The third kappa shape index (κ3) is 2.59. The van der Waals surface area contributed by atoms with Crippen molar-refractivity contribution in [2.75, 3.05) is 20.8 Å². The van der Waals surface area contributed by atoms with Gasteiger partial charge in [0.25, 0.3) is 0 Å². The molecule has 0 unspecified atom stereocenters.